The summed E-state index contributed by atoms with van der Waals surface area (Å²) in [4.78, 5) is 23.0. The number of ether oxygens (including phenoxy) is 1. The molecule has 130 valence electrons. The second-order valence-electron chi connectivity index (χ2n) is 6.14. The van der Waals surface area contributed by atoms with Gasteiger partial charge >= 0.3 is 5.97 Å². The first-order chi connectivity index (χ1) is 10.8. The van der Waals surface area contributed by atoms with Gasteiger partial charge in [-0.1, -0.05) is 13.8 Å². The van der Waals surface area contributed by atoms with Gasteiger partial charge in [-0.25, -0.2) is 4.79 Å². The first-order valence-corrected chi connectivity index (χ1v) is 7.80. The second kappa shape index (κ2) is 8.67. The second-order valence-corrected chi connectivity index (χ2v) is 6.14. The molecule has 1 amide bonds. The van der Waals surface area contributed by atoms with E-state index in [0.717, 1.165) is 23.5 Å². The lowest BCUT2D eigenvalue weighted by Gasteiger charge is -2.13. The number of carbonyl (C=O) groups excluding carboxylic acids is 1. The Kier molecular flexibility index (Phi) is 7.22. The van der Waals surface area contributed by atoms with E-state index < -0.39 is 12.0 Å². The maximum absolute atomic E-state index is 12.0. The first-order valence-electron chi connectivity index (χ1n) is 7.80. The van der Waals surface area contributed by atoms with E-state index in [9.17, 15) is 9.59 Å². The van der Waals surface area contributed by atoms with Crippen LogP contribution in [0.5, 0.6) is 0 Å². The molecule has 7 nitrogen and oxygen atoms in total. The van der Waals surface area contributed by atoms with Crippen molar-refractivity contribution in [2.75, 3.05) is 13.7 Å². The van der Waals surface area contributed by atoms with Crippen molar-refractivity contribution in [2.45, 2.75) is 53.1 Å². The highest BCUT2D eigenvalue weighted by Crippen LogP contribution is 2.16. The van der Waals surface area contributed by atoms with Gasteiger partial charge in [0.25, 0.3) is 0 Å². The zero-order valence-electron chi connectivity index (χ0n) is 14.5. The molecule has 0 aliphatic heterocycles. The van der Waals surface area contributed by atoms with Gasteiger partial charge in [-0.15, -0.1) is 0 Å². The molecule has 1 rings (SSSR count). The lowest BCUT2D eigenvalue weighted by molar-refractivity contribution is -0.143. The quantitative estimate of drug-likeness (QED) is 0.714. The monoisotopic (exact) mass is 325 g/mol. The maximum atomic E-state index is 12.0. The molecule has 2 N–H and O–H groups in total. The fourth-order valence-electron chi connectivity index (χ4n) is 2.47. The lowest BCUT2D eigenvalue weighted by Crippen LogP contribution is -2.43. The van der Waals surface area contributed by atoms with Crippen LogP contribution in [-0.2, 0) is 27.3 Å². The highest BCUT2D eigenvalue weighted by atomic mass is 16.5. The number of hydrogen-bond acceptors (Lipinski definition) is 4. The summed E-state index contributed by atoms with van der Waals surface area (Å²) in [5.41, 5.74) is 3.04. The molecule has 1 atom stereocenters. The van der Waals surface area contributed by atoms with E-state index in [2.05, 4.69) is 24.3 Å². The predicted octanol–water partition coefficient (Wildman–Crippen LogP) is 1.30. The Balaban J connectivity index is 2.65. The van der Waals surface area contributed by atoms with Crippen molar-refractivity contribution in [3.05, 3.63) is 17.0 Å². The van der Waals surface area contributed by atoms with Crippen LogP contribution in [0.3, 0.4) is 0 Å². The molecule has 0 saturated carbocycles. The highest BCUT2D eigenvalue weighted by Gasteiger charge is 2.20. The minimum Gasteiger partial charge on any atom is -0.480 e. The molecule has 1 aromatic heterocycles. The van der Waals surface area contributed by atoms with Crippen molar-refractivity contribution in [1.82, 2.24) is 15.1 Å². The Morgan fingerprint density at radius 2 is 2.00 bits per heavy atom. The van der Waals surface area contributed by atoms with Crippen LogP contribution in [0.15, 0.2) is 0 Å². The molecule has 0 radical (unpaired) electrons. The van der Waals surface area contributed by atoms with Gasteiger partial charge < -0.3 is 15.2 Å². The fourth-order valence-corrected chi connectivity index (χ4v) is 2.47. The molecule has 1 unspecified atom stereocenters. The number of amides is 1. The normalized spacial score (nSPS) is 12.4. The van der Waals surface area contributed by atoms with Crippen molar-refractivity contribution in [1.29, 1.82) is 0 Å². The molecule has 23 heavy (non-hydrogen) atoms. The van der Waals surface area contributed by atoms with Gasteiger partial charge in [-0.05, 0) is 31.7 Å². The molecule has 0 aromatic carbocycles. The topological polar surface area (TPSA) is 93.5 Å². The largest absolute Gasteiger partial charge is 0.480 e. The van der Waals surface area contributed by atoms with Gasteiger partial charge in [-0.3, -0.25) is 9.48 Å². The summed E-state index contributed by atoms with van der Waals surface area (Å²) in [5, 5.41) is 16.0. The number of carbonyl (C=O) groups is 2. The third-order valence-electron chi connectivity index (χ3n) is 3.64. The Morgan fingerprint density at radius 3 is 2.52 bits per heavy atom. The number of carboxylic acid groups (broad SMARTS) is 1. The number of hydrogen-bond donors (Lipinski definition) is 2. The van der Waals surface area contributed by atoms with Gasteiger partial charge in [0, 0.05) is 25.8 Å². The van der Waals surface area contributed by atoms with Crippen LogP contribution in [0.1, 0.15) is 37.2 Å². The van der Waals surface area contributed by atoms with E-state index in [-0.39, 0.29) is 18.9 Å². The van der Waals surface area contributed by atoms with Crippen molar-refractivity contribution in [2.24, 2.45) is 5.92 Å². The van der Waals surface area contributed by atoms with Crippen LogP contribution < -0.4 is 5.32 Å². The number of nitrogens with zero attached hydrogens (tertiary/aromatic N) is 2. The molecule has 0 saturated heterocycles. The summed E-state index contributed by atoms with van der Waals surface area (Å²) in [6, 6.07) is -1.02. The fraction of sp³-hybridized carbons (Fsp3) is 0.688. The number of nitrogens with one attached hydrogen (secondary N) is 1. The summed E-state index contributed by atoms with van der Waals surface area (Å²) in [6.07, 6.45) is 0.767. The SMILES string of the molecule is COCC(NC(=O)CCc1c(C)nn(CC(C)C)c1C)C(=O)O. The minimum absolute atomic E-state index is 0.0501. The molecule has 1 heterocycles. The van der Waals surface area contributed by atoms with Crippen molar-refractivity contribution in [3.63, 3.8) is 0 Å². The Morgan fingerprint density at radius 1 is 1.35 bits per heavy atom. The molecule has 0 fully saturated rings. The van der Waals surface area contributed by atoms with E-state index in [0.29, 0.717) is 12.3 Å². The Bertz CT molecular complexity index is 552. The van der Waals surface area contributed by atoms with Crippen molar-refractivity contribution < 1.29 is 19.4 Å². The van der Waals surface area contributed by atoms with E-state index in [1.807, 2.05) is 18.5 Å². The molecule has 0 aliphatic carbocycles. The Labute approximate surface area is 137 Å². The van der Waals surface area contributed by atoms with Gasteiger partial charge in [0.15, 0.2) is 6.04 Å². The molecule has 0 bridgehead atoms. The van der Waals surface area contributed by atoms with E-state index in [1.54, 1.807) is 0 Å². The summed E-state index contributed by atoms with van der Waals surface area (Å²) >= 11 is 0. The zero-order valence-corrected chi connectivity index (χ0v) is 14.5. The summed E-state index contributed by atoms with van der Waals surface area (Å²) < 4.78 is 6.77. The van der Waals surface area contributed by atoms with Crippen molar-refractivity contribution in [3.8, 4) is 0 Å². The van der Waals surface area contributed by atoms with Gasteiger partial charge in [0.2, 0.25) is 5.91 Å². The van der Waals surface area contributed by atoms with E-state index >= 15 is 0 Å². The van der Waals surface area contributed by atoms with Crippen molar-refractivity contribution >= 4 is 11.9 Å². The number of aliphatic carboxylic acids is 1. The van der Waals surface area contributed by atoms with Crippen LogP contribution >= 0.6 is 0 Å². The van der Waals surface area contributed by atoms with Gasteiger partial charge in [0.05, 0.1) is 12.3 Å². The van der Waals surface area contributed by atoms with E-state index in [4.69, 9.17) is 9.84 Å². The van der Waals surface area contributed by atoms with Crippen LogP contribution in [-0.4, -0.2) is 46.5 Å². The zero-order chi connectivity index (χ0) is 17.6. The Hall–Kier alpha value is -1.89. The first kappa shape index (κ1) is 19.2. The summed E-state index contributed by atoms with van der Waals surface area (Å²) in [6.45, 7) is 8.98. The lowest BCUT2D eigenvalue weighted by atomic mass is 10.1. The average Bonchev–Trinajstić information content (AvgIpc) is 2.70. The number of rotatable bonds is 9. The minimum atomic E-state index is -1.10. The summed E-state index contributed by atoms with van der Waals surface area (Å²) in [5.74, 6) is -0.906. The highest BCUT2D eigenvalue weighted by molar-refractivity contribution is 5.83. The molecular weight excluding hydrogens is 298 g/mol. The van der Waals surface area contributed by atoms with E-state index in [1.165, 1.54) is 7.11 Å². The maximum Gasteiger partial charge on any atom is 0.328 e. The predicted molar refractivity (Wildman–Crippen MR) is 86.3 cm³/mol. The van der Waals surface area contributed by atoms with Crippen LogP contribution in [0.2, 0.25) is 0 Å². The number of aromatic nitrogens is 2. The summed E-state index contributed by atoms with van der Waals surface area (Å²) in [7, 11) is 1.40. The van der Waals surface area contributed by atoms with Crippen LogP contribution in [0.25, 0.3) is 0 Å². The third kappa shape index (κ3) is 5.67. The molecule has 1 aromatic rings. The third-order valence-corrected chi connectivity index (χ3v) is 3.64. The molecular formula is C16H27N3O4. The molecule has 7 heteroatoms. The van der Waals surface area contributed by atoms with Gasteiger partial charge in [0.1, 0.15) is 0 Å². The van der Waals surface area contributed by atoms with Gasteiger partial charge in [-0.2, -0.15) is 5.10 Å². The van der Waals surface area contributed by atoms with Crippen LogP contribution in [0, 0.1) is 19.8 Å². The molecule has 0 aliphatic rings. The smallest absolute Gasteiger partial charge is 0.328 e. The molecule has 0 spiro atoms. The number of carboxylic acids is 1. The van der Waals surface area contributed by atoms with Crippen LogP contribution in [0.4, 0.5) is 0 Å². The number of aryl methyl sites for hydroxylation is 1. The number of methoxy groups -OCH3 is 1. The average molecular weight is 325 g/mol. The standard InChI is InChI=1S/C16H27N3O4/c1-10(2)8-19-12(4)13(11(3)18-19)6-7-15(20)17-14(9-23-5)16(21)22/h10,14H,6-9H2,1-5H3,(H,17,20)(H,21,22).